The van der Waals surface area contributed by atoms with E-state index in [2.05, 4.69) is 5.32 Å². The standard InChI is InChI=1S/C29H35N3O4S/c1-21(2)30-29(34)24(5)31(19-25-14-8-6-9-15-25)28(33)20-32(27-18-12-13-22(3)23(27)4)37(35,36)26-16-10-7-11-17-26/h6-18,21,24H,19-20H2,1-5H3,(H,30,34). The number of hydrogen-bond acceptors (Lipinski definition) is 4. The summed E-state index contributed by atoms with van der Waals surface area (Å²) in [6.45, 7) is 8.81. The summed E-state index contributed by atoms with van der Waals surface area (Å²) in [5.74, 6) is -0.779. The molecule has 0 aromatic heterocycles. The minimum Gasteiger partial charge on any atom is -0.352 e. The van der Waals surface area contributed by atoms with Crippen LogP contribution in [-0.4, -0.2) is 43.8 Å². The van der Waals surface area contributed by atoms with E-state index >= 15 is 0 Å². The quantitative estimate of drug-likeness (QED) is 0.427. The highest BCUT2D eigenvalue weighted by atomic mass is 32.2. The number of carbonyl (C=O) groups is 2. The molecule has 0 radical (unpaired) electrons. The second-order valence-electron chi connectivity index (χ2n) is 9.39. The van der Waals surface area contributed by atoms with E-state index in [9.17, 15) is 18.0 Å². The number of amides is 2. The Morgan fingerprint density at radius 1 is 0.838 bits per heavy atom. The molecular weight excluding hydrogens is 486 g/mol. The lowest BCUT2D eigenvalue weighted by atomic mass is 10.1. The maximum absolute atomic E-state index is 13.9. The van der Waals surface area contributed by atoms with Gasteiger partial charge < -0.3 is 10.2 Å². The Hall–Kier alpha value is -3.65. The smallest absolute Gasteiger partial charge is 0.264 e. The van der Waals surface area contributed by atoms with Crippen LogP contribution < -0.4 is 9.62 Å². The second kappa shape index (κ2) is 12.1. The Bertz CT molecular complexity index is 1330. The van der Waals surface area contributed by atoms with Crippen molar-refractivity contribution in [2.75, 3.05) is 10.8 Å². The van der Waals surface area contributed by atoms with Crippen LogP contribution in [0.4, 0.5) is 5.69 Å². The summed E-state index contributed by atoms with van der Waals surface area (Å²) in [6, 6.07) is 21.9. The van der Waals surface area contributed by atoms with E-state index in [-0.39, 0.29) is 23.4 Å². The molecule has 196 valence electrons. The van der Waals surface area contributed by atoms with E-state index in [1.807, 2.05) is 64.1 Å². The first-order valence-electron chi connectivity index (χ1n) is 12.3. The molecule has 0 spiro atoms. The van der Waals surface area contributed by atoms with Crippen molar-refractivity contribution in [3.05, 3.63) is 95.6 Å². The van der Waals surface area contributed by atoms with Crippen LogP contribution in [0, 0.1) is 13.8 Å². The Labute approximate surface area is 220 Å². The molecule has 8 heteroatoms. The molecule has 0 saturated carbocycles. The average Bonchev–Trinajstić information content (AvgIpc) is 2.88. The highest BCUT2D eigenvalue weighted by Gasteiger charge is 2.33. The van der Waals surface area contributed by atoms with Gasteiger partial charge in [0.15, 0.2) is 0 Å². The number of nitrogens with one attached hydrogen (secondary N) is 1. The molecule has 0 saturated heterocycles. The number of sulfonamides is 1. The molecule has 3 rings (SSSR count). The van der Waals surface area contributed by atoms with Gasteiger partial charge in [0.25, 0.3) is 10.0 Å². The molecule has 37 heavy (non-hydrogen) atoms. The van der Waals surface area contributed by atoms with Crippen LogP contribution in [0.1, 0.15) is 37.5 Å². The van der Waals surface area contributed by atoms with Crippen molar-refractivity contribution in [3.8, 4) is 0 Å². The van der Waals surface area contributed by atoms with E-state index in [1.54, 1.807) is 37.3 Å². The molecule has 2 amide bonds. The van der Waals surface area contributed by atoms with Gasteiger partial charge in [-0.25, -0.2) is 8.42 Å². The van der Waals surface area contributed by atoms with Gasteiger partial charge in [0.1, 0.15) is 12.6 Å². The minimum absolute atomic E-state index is 0.0870. The van der Waals surface area contributed by atoms with Gasteiger partial charge in [-0.2, -0.15) is 0 Å². The number of hydrogen-bond donors (Lipinski definition) is 1. The highest BCUT2D eigenvalue weighted by molar-refractivity contribution is 7.92. The van der Waals surface area contributed by atoms with Crippen LogP contribution >= 0.6 is 0 Å². The molecule has 3 aromatic carbocycles. The molecule has 1 atom stereocenters. The van der Waals surface area contributed by atoms with Crippen molar-refractivity contribution in [3.63, 3.8) is 0 Å². The zero-order chi connectivity index (χ0) is 27.2. The van der Waals surface area contributed by atoms with Crippen molar-refractivity contribution in [2.45, 2.75) is 58.1 Å². The Morgan fingerprint density at radius 3 is 2.03 bits per heavy atom. The van der Waals surface area contributed by atoms with Crippen molar-refractivity contribution >= 4 is 27.5 Å². The lowest BCUT2D eigenvalue weighted by Gasteiger charge is -2.33. The van der Waals surface area contributed by atoms with Gasteiger partial charge in [-0.15, -0.1) is 0 Å². The number of carbonyl (C=O) groups excluding carboxylic acids is 2. The van der Waals surface area contributed by atoms with Gasteiger partial charge in [0.2, 0.25) is 11.8 Å². The van der Waals surface area contributed by atoms with Crippen molar-refractivity contribution in [1.29, 1.82) is 0 Å². The van der Waals surface area contributed by atoms with E-state index in [4.69, 9.17) is 0 Å². The largest absolute Gasteiger partial charge is 0.352 e. The summed E-state index contributed by atoms with van der Waals surface area (Å²) >= 11 is 0. The molecule has 7 nitrogen and oxygen atoms in total. The van der Waals surface area contributed by atoms with Gasteiger partial charge in [0, 0.05) is 12.6 Å². The maximum Gasteiger partial charge on any atom is 0.264 e. The Kier molecular flexibility index (Phi) is 9.10. The summed E-state index contributed by atoms with van der Waals surface area (Å²) in [4.78, 5) is 28.3. The average molecular weight is 522 g/mol. The SMILES string of the molecule is Cc1cccc(N(CC(=O)N(Cc2ccccc2)C(C)C(=O)NC(C)C)S(=O)(=O)c2ccccc2)c1C. The molecule has 0 aliphatic rings. The zero-order valence-corrected chi connectivity index (χ0v) is 22.8. The number of benzene rings is 3. The summed E-state index contributed by atoms with van der Waals surface area (Å²) in [5, 5.41) is 2.86. The molecule has 0 fully saturated rings. The lowest BCUT2D eigenvalue weighted by Crippen LogP contribution is -2.52. The second-order valence-corrected chi connectivity index (χ2v) is 11.3. The van der Waals surface area contributed by atoms with Crippen LogP contribution in [0.3, 0.4) is 0 Å². The summed E-state index contributed by atoms with van der Waals surface area (Å²) in [6.07, 6.45) is 0. The summed E-state index contributed by atoms with van der Waals surface area (Å²) < 4.78 is 28.8. The van der Waals surface area contributed by atoms with E-state index in [1.165, 1.54) is 17.0 Å². The molecule has 1 N–H and O–H groups in total. The maximum atomic E-state index is 13.9. The number of aryl methyl sites for hydroxylation is 1. The van der Waals surface area contributed by atoms with Gasteiger partial charge in [0.05, 0.1) is 10.6 Å². The predicted octanol–water partition coefficient (Wildman–Crippen LogP) is 4.44. The summed E-state index contributed by atoms with van der Waals surface area (Å²) in [7, 11) is -4.07. The number of anilines is 1. The van der Waals surface area contributed by atoms with Crippen LogP contribution in [0.5, 0.6) is 0 Å². The zero-order valence-electron chi connectivity index (χ0n) is 22.0. The fourth-order valence-corrected chi connectivity index (χ4v) is 5.50. The third kappa shape index (κ3) is 6.77. The molecule has 0 bridgehead atoms. The fraction of sp³-hybridized carbons (Fsp3) is 0.310. The van der Waals surface area contributed by atoms with Gasteiger partial charge in [-0.3, -0.25) is 13.9 Å². The monoisotopic (exact) mass is 521 g/mol. The van der Waals surface area contributed by atoms with Gasteiger partial charge in [-0.05, 0) is 69.5 Å². The first-order chi connectivity index (χ1) is 17.5. The first kappa shape index (κ1) is 27.9. The van der Waals surface area contributed by atoms with E-state index in [0.717, 1.165) is 21.0 Å². The highest BCUT2D eigenvalue weighted by Crippen LogP contribution is 2.29. The van der Waals surface area contributed by atoms with Gasteiger partial charge in [-0.1, -0.05) is 60.7 Å². The van der Waals surface area contributed by atoms with Crippen molar-refractivity contribution < 1.29 is 18.0 Å². The molecule has 0 aliphatic carbocycles. The third-order valence-corrected chi connectivity index (χ3v) is 8.02. The Balaban J connectivity index is 2.05. The van der Waals surface area contributed by atoms with Crippen LogP contribution in [0.15, 0.2) is 83.8 Å². The van der Waals surface area contributed by atoms with Crippen molar-refractivity contribution in [2.24, 2.45) is 0 Å². The molecule has 1 unspecified atom stereocenters. The van der Waals surface area contributed by atoms with E-state index in [0.29, 0.717) is 5.69 Å². The van der Waals surface area contributed by atoms with Crippen LogP contribution in [0.2, 0.25) is 0 Å². The topological polar surface area (TPSA) is 86.8 Å². The number of nitrogens with zero attached hydrogens (tertiary/aromatic N) is 2. The van der Waals surface area contributed by atoms with Crippen LogP contribution in [-0.2, 0) is 26.2 Å². The van der Waals surface area contributed by atoms with Gasteiger partial charge >= 0.3 is 0 Å². The molecular formula is C29H35N3O4S. The molecule has 3 aromatic rings. The summed E-state index contributed by atoms with van der Waals surface area (Å²) in [5.41, 5.74) is 2.93. The first-order valence-corrected chi connectivity index (χ1v) is 13.7. The number of rotatable bonds is 10. The predicted molar refractivity (Wildman–Crippen MR) is 147 cm³/mol. The molecule has 0 heterocycles. The molecule has 0 aliphatic heterocycles. The van der Waals surface area contributed by atoms with Crippen LogP contribution in [0.25, 0.3) is 0 Å². The fourth-order valence-electron chi connectivity index (χ4n) is 4.01. The lowest BCUT2D eigenvalue weighted by molar-refractivity contribution is -0.139. The normalized spacial score (nSPS) is 12.2. The Morgan fingerprint density at radius 2 is 1.43 bits per heavy atom. The minimum atomic E-state index is -4.07. The van der Waals surface area contributed by atoms with Crippen molar-refractivity contribution in [1.82, 2.24) is 10.2 Å². The third-order valence-electron chi connectivity index (χ3n) is 6.25. The van der Waals surface area contributed by atoms with E-state index < -0.39 is 28.5 Å².